The Hall–Kier alpha value is -1.55. The number of carbonyl (C=O) groups excluding carboxylic acids is 1. The van der Waals surface area contributed by atoms with Gasteiger partial charge in [0.1, 0.15) is 11.3 Å². The number of Topliss-reactive ketones (excluding diaryl/α,β-unsaturated/α-hetero) is 1. The Morgan fingerprint density at radius 1 is 1.44 bits per heavy atom. The molecule has 1 aromatic carbocycles. The zero-order chi connectivity index (χ0) is 12.1. The van der Waals surface area contributed by atoms with Crippen molar-refractivity contribution in [1.29, 1.82) is 0 Å². The summed E-state index contributed by atoms with van der Waals surface area (Å²) in [5, 5.41) is 8.95. The van der Waals surface area contributed by atoms with Crippen molar-refractivity contribution in [3.63, 3.8) is 0 Å². The van der Waals surface area contributed by atoms with Gasteiger partial charge in [0.25, 0.3) is 0 Å². The molecule has 0 aliphatic carbocycles. The summed E-state index contributed by atoms with van der Waals surface area (Å²) in [5.41, 5.74) is 0.244. The van der Waals surface area contributed by atoms with Crippen molar-refractivity contribution in [3.05, 3.63) is 29.3 Å². The van der Waals surface area contributed by atoms with Gasteiger partial charge in [-0.25, -0.2) is 4.79 Å². The lowest BCUT2D eigenvalue weighted by atomic mass is 10.1. The molecule has 1 aromatic rings. The van der Waals surface area contributed by atoms with Gasteiger partial charge in [0, 0.05) is 5.56 Å². The first-order chi connectivity index (χ1) is 7.60. The van der Waals surface area contributed by atoms with Crippen molar-refractivity contribution in [1.82, 2.24) is 0 Å². The van der Waals surface area contributed by atoms with Gasteiger partial charge < -0.3 is 9.84 Å². The molecule has 5 heteroatoms. The standard InChI is InChI=1S/C11H11ClO4/c1-2-16-10-4-3-7(9(13)6-12)5-8(10)11(14)15/h3-5H,2,6H2,1H3,(H,14,15). The van der Waals surface area contributed by atoms with Gasteiger partial charge in [-0.3, -0.25) is 4.79 Å². The van der Waals surface area contributed by atoms with Gasteiger partial charge in [0.05, 0.1) is 12.5 Å². The largest absolute Gasteiger partial charge is 0.493 e. The van der Waals surface area contributed by atoms with E-state index in [1.54, 1.807) is 6.92 Å². The van der Waals surface area contributed by atoms with E-state index in [-0.39, 0.29) is 28.5 Å². The van der Waals surface area contributed by atoms with Gasteiger partial charge in [0.15, 0.2) is 5.78 Å². The number of halogens is 1. The van der Waals surface area contributed by atoms with Crippen LogP contribution in [0.4, 0.5) is 0 Å². The quantitative estimate of drug-likeness (QED) is 0.635. The Bertz CT molecular complexity index is 414. The molecule has 0 aliphatic rings. The van der Waals surface area contributed by atoms with Crippen molar-refractivity contribution in [2.24, 2.45) is 0 Å². The summed E-state index contributed by atoms with van der Waals surface area (Å²) in [6.07, 6.45) is 0. The average molecular weight is 243 g/mol. The van der Waals surface area contributed by atoms with E-state index < -0.39 is 5.97 Å². The summed E-state index contributed by atoms with van der Waals surface area (Å²) in [6.45, 7) is 2.12. The van der Waals surface area contributed by atoms with E-state index in [9.17, 15) is 9.59 Å². The molecule has 0 aromatic heterocycles. The highest BCUT2D eigenvalue weighted by Gasteiger charge is 2.14. The number of alkyl halides is 1. The van der Waals surface area contributed by atoms with Crippen LogP contribution in [0.5, 0.6) is 5.75 Å². The molecule has 1 N–H and O–H groups in total. The van der Waals surface area contributed by atoms with Gasteiger partial charge in [-0.2, -0.15) is 0 Å². The number of carboxylic acids is 1. The Labute approximate surface area is 97.8 Å². The molecular formula is C11H11ClO4. The Balaban J connectivity index is 3.17. The van der Waals surface area contributed by atoms with Gasteiger partial charge >= 0.3 is 5.97 Å². The molecule has 0 saturated heterocycles. The van der Waals surface area contributed by atoms with E-state index in [1.807, 2.05) is 0 Å². The molecule has 0 saturated carbocycles. The number of hydrogen-bond donors (Lipinski definition) is 1. The number of rotatable bonds is 5. The monoisotopic (exact) mass is 242 g/mol. The van der Waals surface area contributed by atoms with Crippen molar-refractivity contribution in [2.45, 2.75) is 6.92 Å². The first kappa shape index (κ1) is 12.5. The molecule has 0 amide bonds. The lowest BCUT2D eigenvalue weighted by Crippen LogP contribution is -2.07. The van der Waals surface area contributed by atoms with E-state index in [0.717, 1.165) is 0 Å². The minimum atomic E-state index is -1.13. The minimum Gasteiger partial charge on any atom is -0.493 e. The third kappa shape index (κ3) is 2.73. The average Bonchev–Trinajstić information content (AvgIpc) is 2.28. The molecule has 0 fully saturated rings. The molecule has 0 spiro atoms. The van der Waals surface area contributed by atoms with Crippen LogP contribution < -0.4 is 4.74 Å². The predicted molar refractivity (Wildman–Crippen MR) is 59.6 cm³/mol. The van der Waals surface area contributed by atoms with Crippen molar-refractivity contribution in [2.75, 3.05) is 12.5 Å². The van der Waals surface area contributed by atoms with Crippen LogP contribution in [0, 0.1) is 0 Å². The number of aromatic carboxylic acids is 1. The second-order valence-electron chi connectivity index (χ2n) is 3.01. The molecule has 16 heavy (non-hydrogen) atoms. The predicted octanol–water partition coefficient (Wildman–Crippen LogP) is 2.20. The number of carboxylic acid groups (broad SMARTS) is 1. The van der Waals surface area contributed by atoms with Crippen LogP contribution in [0.15, 0.2) is 18.2 Å². The topological polar surface area (TPSA) is 63.6 Å². The van der Waals surface area contributed by atoms with E-state index in [0.29, 0.717) is 6.61 Å². The molecule has 0 atom stereocenters. The van der Waals surface area contributed by atoms with E-state index in [2.05, 4.69) is 0 Å². The maximum Gasteiger partial charge on any atom is 0.339 e. The van der Waals surface area contributed by atoms with Gasteiger partial charge in [-0.05, 0) is 25.1 Å². The second-order valence-corrected chi connectivity index (χ2v) is 3.27. The fraction of sp³-hybridized carbons (Fsp3) is 0.273. The number of ketones is 1. The van der Waals surface area contributed by atoms with Crippen LogP contribution in [0.25, 0.3) is 0 Å². The van der Waals surface area contributed by atoms with Crippen LogP contribution in [0.1, 0.15) is 27.6 Å². The van der Waals surface area contributed by atoms with E-state index in [1.165, 1.54) is 18.2 Å². The van der Waals surface area contributed by atoms with Gasteiger partial charge in [-0.1, -0.05) is 0 Å². The number of benzene rings is 1. The Morgan fingerprint density at radius 3 is 2.62 bits per heavy atom. The third-order valence-electron chi connectivity index (χ3n) is 1.95. The lowest BCUT2D eigenvalue weighted by Gasteiger charge is -2.08. The van der Waals surface area contributed by atoms with Crippen LogP contribution in [-0.4, -0.2) is 29.3 Å². The summed E-state index contributed by atoms with van der Waals surface area (Å²) in [6, 6.07) is 4.24. The smallest absolute Gasteiger partial charge is 0.339 e. The molecule has 0 heterocycles. The van der Waals surface area contributed by atoms with Crippen molar-refractivity contribution < 1.29 is 19.4 Å². The van der Waals surface area contributed by atoms with Crippen molar-refractivity contribution in [3.8, 4) is 5.75 Å². The first-order valence-corrected chi connectivity index (χ1v) is 5.23. The van der Waals surface area contributed by atoms with E-state index >= 15 is 0 Å². The zero-order valence-electron chi connectivity index (χ0n) is 8.70. The normalized spacial score (nSPS) is 9.88. The Morgan fingerprint density at radius 2 is 2.12 bits per heavy atom. The molecule has 0 radical (unpaired) electrons. The first-order valence-electron chi connectivity index (χ1n) is 4.69. The molecule has 86 valence electrons. The van der Waals surface area contributed by atoms with Crippen LogP contribution in [-0.2, 0) is 0 Å². The highest BCUT2D eigenvalue weighted by molar-refractivity contribution is 6.30. The van der Waals surface area contributed by atoms with Gasteiger partial charge in [-0.15, -0.1) is 11.6 Å². The summed E-state index contributed by atoms with van der Waals surface area (Å²) < 4.78 is 5.14. The number of carbonyl (C=O) groups is 2. The maximum absolute atomic E-state index is 11.3. The molecule has 0 bridgehead atoms. The SMILES string of the molecule is CCOc1ccc(C(=O)CCl)cc1C(=O)O. The fourth-order valence-electron chi connectivity index (χ4n) is 1.23. The lowest BCUT2D eigenvalue weighted by molar-refractivity contribution is 0.0692. The summed E-state index contributed by atoms with van der Waals surface area (Å²) in [4.78, 5) is 22.2. The number of hydrogen-bond acceptors (Lipinski definition) is 3. The number of ether oxygens (including phenoxy) is 1. The molecule has 0 unspecified atom stereocenters. The molecular weight excluding hydrogens is 232 g/mol. The Kier molecular flexibility index (Phi) is 4.31. The highest BCUT2D eigenvalue weighted by atomic mass is 35.5. The van der Waals surface area contributed by atoms with Crippen LogP contribution in [0.2, 0.25) is 0 Å². The summed E-state index contributed by atoms with van der Waals surface area (Å²) in [5.74, 6) is -1.37. The van der Waals surface area contributed by atoms with Crippen LogP contribution in [0.3, 0.4) is 0 Å². The van der Waals surface area contributed by atoms with E-state index in [4.69, 9.17) is 21.4 Å². The minimum absolute atomic E-state index is 0.0298. The fourth-order valence-corrected chi connectivity index (χ4v) is 1.38. The third-order valence-corrected chi connectivity index (χ3v) is 2.20. The maximum atomic E-state index is 11.3. The van der Waals surface area contributed by atoms with Gasteiger partial charge in [0.2, 0.25) is 0 Å². The summed E-state index contributed by atoms with van der Waals surface area (Å²) in [7, 11) is 0. The van der Waals surface area contributed by atoms with Crippen LogP contribution >= 0.6 is 11.6 Å². The molecule has 4 nitrogen and oxygen atoms in total. The van der Waals surface area contributed by atoms with Crippen molar-refractivity contribution >= 4 is 23.4 Å². The molecule has 0 aliphatic heterocycles. The highest BCUT2D eigenvalue weighted by Crippen LogP contribution is 2.20. The molecule has 1 rings (SSSR count). The summed E-state index contributed by atoms with van der Waals surface area (Å²) >= 11 is 5.39. The zero-order valence-corrected chi connectivity index (χ0v) is 9.45. The second kappa shape index (κ2) is 5.51.